The second-order valence-corrected chi connectivity index (χ2v) is 6.94. The van der Waals surface area contributed by atoms with Gasteiger partial charge < -0.3 is 14.6 Å². The summed E-state index contributed by atoms with van der Waals surface area (Å²) in [6.45, 7) is 14.0. The number of hydrogen-bond donors (Lipinski definition) is 1. The van der Waals surface area contributed by atoms with Crippen LogP contribution < -0.4 is 9.47 Å². The van der Waals surface area contributed by atoms with E-state index in [1.165, 1.54) is 0 Å². The van der Waals surface area contributed by atoms with Crippen LogP contribution in [-0.2, 0) is 0 Å². The standard InChI is InChI=1S/C18H28O3/c1-7-20-13-10-9-12(11-14(13)21-8-2)15(19)16-17(3,4)18(16,5)6/h9-11,15-16,19H,7-8H2,1-6H3. The largest absolute Gasteiger partial charge is 0.490 e. The fourth-order valence-electron chi connectivity index (χ4n) is 3.48. The molecule has 3 nitrogen and oxygen atoms in total. The molecule has 1 atom stereocenters. The van der Waals surface area contributed by atoms with Crippen LogP contribution in [0.2, 0.25) is 0 Å². The summed E-state index contributed by atoms with van der Waals surface area (Å²) in [7, 11) is 0. The van der Waals surface area contributed by atoms with E-state index in [0.717, 1.165) is 11.3 Å². The first-order valence-corrected chi connectivity index (χ1v) is 7.85. The quantitative estimate of drug-likeness (QED) is 0.854. The maximum Gasteiger partial charge on any atom is 0.161 e. The molecule has 21 heavy (non-hydrogen) atoms. The number of benzene rings is 1. The molecule has 0 radical (unpaired) electrons. The Labute approximate surface area is 128 Å². The normalized spacial score (nSPS) is 20.9. The monoisotopic (exact) mass is 292 g/mol. The zero-order valence-electron chi connectivity index (χ0n) is 14.1. The molecule has 1 aliphatic rings. The molecule has 1 N–H and O–H groups in total. The average Bonchev–Trinajstić information content (AvgIpc) is 2.81. The number of hydrogen-bond acceptors (Lipinski definition) is 3. The molecule has 0 saturated heterocycles. The molecule has 1 saturated carbocycles. The third kappa shape index (κ3) is 2.64. The van der Waals surface area contributed by atoms with Gasteiger partial charge in [0.15, 0.2) is 11.5 Å². The molecular formula is C18H28O3. The molecule has 1 fully saturated rings. The highest BCUT2D eigenvalue weighted by atomic mass is 16.5. The first-order chi connectivity index (χ1) is 9.77. The van der Waals surface area contributed by atoms with Gasteiger partial charge in [0.25, 0.3) is 0 Å². The predicted octanol–water partition coefficient (Wildman–Crippen LogP) is 4.20. The summed E-state index contributed by atoms with van der Waals surface area (Å²) < 4.78 is 11.2. The van der Waals surface area contributed by atoms with Crippen molar-refractivity contribution in [3.8, 4) is 11.5 Å². The van der Waals surface area contributed by atoms with Gasteiger partial charge in [0.1, 0.15) is 0 Å². The molecule has 0 aromatic heterocycles. The lowest BCUT2D eigenvalue weighted by Crippen LogP contribution is -2.07. The van der Waals surface area contributed by atoms with Crippen molar-refractivity contribution in [2.75, 3.05) is 13.2 Å². The lowest BCUT2D eigenvalue weighted by molar-refractivity contribution is 0.130. The Morgan fingerprint density at radius 2 is 1.52 bits per heavy atom. The first kappa shape index (κ1) is 16.2. The highest BCUT2D eigenvalue weighted by Gasteiger charge is 2.67. The van der Waals surface area contributed by atoms with Gasteiger partial charge in [-0.1, -0.05) is 33.8 Å². The van der Waals surface area contributed by atoms with E-state index < -0.39 is 6.10 Å². The lowest BCUT2D eigenvalue weighted by Gasteiger charge is -2.17. The average molecular weight is 292 g/mol. The van der Waals surface area contributed by atoms with Crippen molar-refractivity contribution in [2.45, 2.75) is 47.6 Å². The predicted molar refractivity (Wildman–Crippen MR) is 84.8 cm³/mol. The van der Waals surface area contributed by atoms with Crippen molar-refractivity contribution in [2.24, 2.45) is 16.7 Å². The molecule has 1 aromatic carbocycles. The van der Waals surface area contributed by atoms with Crippen LogP contribution in [0.4, 0.5) is 0 Å². The fourth-order valence-corrected chi connectivity index (χ4v) is 3.48. The number of rotatable bonds is 6. The van der Waals surface area contributed by atoms with Gasteiger partial charge in [0.2, 0.25) is 0 Å². The Hall–Kier alpha value is -1.22. The van der Waals surface area contributed by atoms with E-state index >= 15 is 0 Å². The van der Waals surface area contributed by atoms with Crippen molar-refractivity contribution in [1.82, 2.24) is 0 Å². The summed E-state index contributed by atoms with van der Waals surface area (Å²) in [4.78, 5) is 0. The fraction of sp³-hybridized carbons (Fsp3) is 0.667. The second-order valence-electron chi connectivity index (χ2n) is 6.94. The summed E-state index contributed by atoms with van der Waals surface area (Å²) >= 11 is 0. The van der Waals surface area contributed by atoms with Crippen molar-refractivity contribution in [3.63, 3.8) is 0 Å². The van der Waals surface area contributed by atoms with Crippen molar-refractivity contribution >= 4 is 0 Å². The van der Waals surface area contributed by atoms with Crippen LogP contribution in [0.25, 0.3) is 0 Å². The van der Waals surface area contributed by atoms with Crippen LogP contribution in [0.15, 0.2) is 18.2 Å². The molecule has 1 aromatic rings. The number of aliphatic hydroxyl groups excluding tert-OH is 1. The van der Waals surface area contributed by atoms with Gasteiger partial charge >= 0.3 is 0 Å². The second kappa shape index (κ2) is 5.53. The molecular weight excluding hydrogens is 264 g/mol. The number of ether oxygens (including phenoxy) is 2. The highest BCUT2D eigenvalue weighted by molar-refractivity contribution is 5.44. The molecule has 0 amide bonds. The third-order valence-electron chi connectivity index (χ3n) is 5.36. The molecule has 0 bridgehead atoms. The van der Waals surface area contributed by atoms with Gasteiger partial charge in [-0.25, -0.2) is 0 Å². The first-order valence-electron chi connectivity index (χ1n) is 7.85. The molecule has 1 unspecified atom stereocenters. The van der Waals surface area contributed by atoms with E-state index in [2.05, 4.69) is 27.7 Å². The SMILES string of the molecule is CCOc1ccc(C(O)C2C(C)(C)C2(C)C)cc1OCC. The van der Waals surface area contributed by atoms with Crippen molar-refractivity contribution in [3.05, 3.63) is 23.8 Å². The summed E-state index contributed by atoms with van der Waals surface area (Å²) in [5.41, 5.74) is 1.21. The van der Waals surface area contributed by atoms with Gasteiger partial charge in [-0.3, -0.25) is 0 Å². The summed E-state index contributed by atoms with van der Waals surface area (Å²) in [5.74, 6) is 1.72. The van der Waals surface area contributed by atoms with E-state index in [0.29, 0.717) is 19.0 Å². The van der Waals surface area contributed by atoms with Crippen LogP contribution in [0.1, 0.15) is 53.2 Å². The molecule has 0 aliphatic heterocycles. The molecule has 0 spiro atoms. The van der Waals surface area contributed by atoms with Crippen LogP contribution in [-0.4, -0.2) is 18.3 Å². The van der Waals surface area contributed by atoms with Gasteiger partial charge in [-0.15, -0.1) is 0 Å². The molecule has 3 heteroatoms. The minimum Gasteiger partial charge on any atom is -0.490 e. The van der Waals surface area contributed by atoms with Gasteiger partial charge in [0.05, 0.1) is 19.3 Å². The molecule has 2 rings (SSSR count). The summed E-state index contributed by atoms with van der Waals surface area (Å²) in [5, 5.41) is 10.7. The van der Waals surface area contributed by atoms with Crippen LogP contribution in [0.5, 0.6) is 11.5 Å². The lowest BCUT2D eigenvalue weighted by atomic mass is 9.99. The zero-order valence-corrected chi connectivity index (χ0v) is 14.1. The van der Waals surface area contributed by atoms with Crippen LogP contribution >= 0.6 is 0 Å². The Morgan fingerprint density at radius 1 is 1.00 bits per heavy atom. The smallest absolute Gasteiger partial charge is 0.161 e. The highest BCUT2D eigenvalue weighted by Crippen LogP contribution is 2.72. The van der Waals surface area contributed by atoms with E-state index in [1.807, 2.05) is 32.0 Å². The topological polar surface area (TPSA) is 38.7 Å². The minimum atomic E-state index is -0.468. The maximum atomic E-state index is 10.7. The van der Waals surface area contributed by atoms with Gasteiger partial charge in [-0.05, 0) is 42.4 Å². The van der Waals surface area contributed by atoms with Crippen LogP contribution in [0.3, 0.4) is 0 Å². The molecule has 0 heterocycles. The Bertz CT molecular complexity index is 491. The van der Waals surface area contributed by atoms with Crippen LogP contribution in [0, 0.1) is 16.7 Å². The third-order valence-corrected chi connectivity index (χ3v) is 5.36. The summed E-state index contributed by atoms with van der Waals surface area (Å²) in [6.07, 6.45) is -0.468. The number of aliphatic hydroxyl groups is 1. The van der Waals surface area contributed by atoms with E-state index in [-0.39, 0.29) is 16.7 Å². The summed E-state index contributed by atoms with van der Waals surface area (Å²) in [6, 6.07) is 5.77. The van der Waals surface area contributed by atoms with Crippen molar-refractivity contribution in [1.29, 1.82) is 0 Å². The van der Waals surface area contributed by atoms with Gasteiger partial charge in [-0.2, -0.15) is 0 Å². The van der Waals surface area contributed by atoms with Crippen molar-refractivity contribution < 1.29 is 14.6 Å². The Balaban J connectivity index is 2.27. The minimum absolute atomic E-state index is 0.150. The molecule has 118 valence electrons. The van der Waals surface area contributed by atoms with Gasteiger partial charge in [0, 0.05) is 5.92 Å². The Morgan fingerprint density at radius 3 is 2.00 bits per heavy atom. The zero-order chi connectivity index (χ0) is 15.8. The maximum absolute atomic E-state index is 10.7. The Kier molecular flexibility index (Phi) is 4.25. The van der Waals surface area contributed by atoms with E-state index in [1.54, 1.807) is 0 Å². The van der Waals surface area contributed by atoms with E-state index in [9.17, 15) is 5.11 Å². The van der Waals surface area contributed by atoms with E-state index in [4.69, 9.17) is 9.47 Å². The molecule has 1 aliphatic carbocycles.